The van der Waals surface area contributed by atoms with Crippen molar-refractivity contribution in [1.82, 2.24) is 5.32 Å². The second-order valence-electron chi connectivity index (χ2n) is 6.87. The van der Waals surface area contributed by atoms with E-state index in [1.165, 1.54) is 6.08 Å². The second-order valence-corrected chi connectivity index (χ2v) is 7.28. The van der Waals surface area contributed by atoms with Crippen LogP contribution in [-0.2, 0) is 20.7 Å². The van der Waals surface area contributed by atoms with Gasteiger partial charge in [0.2, 0.25) is 5.91 Å². The zero-order chi connectivity index (χ0) is 21.3. The summed E-state index contributed by atoms with van der Waals surface area (Å²) >= 11 is 6.06. The molecule has 29 heavy (non-hydrogen) atoms. The summed E-state index contributed by atoms with van der Waals surface area (Å²) in [6.07, 6.45) is 3.83. The molecule has 2 aromatic carbocycles. The van der Waals surface area contributed by atoms with Crippen molar-refractivity contribution in [2.24, 2.45) is 0 Å². The van der Waals surface area contributed by atoms with Gasteiger partial charge in [-0.25, -0.2) is 4.79 Å². The van der Waals surface area contributed by atoms with Gasteiger partial charge in [-0.05, 0) is 62.6 Å². The molecule has 0 aliphatic rings. The minimum absolute atomic E-state index is 0.180. The van der Waals surface area contributed by atoms with Gasteiger partial charge in [0.25, 0.3) is 0 Å². The first-order valence-corrected chi connectivity index (χ1v) is 9.85. The number of carbonyl (C=O) groups is 2. The highest BCUT2D eigenvalue weighted by molar-refractivity contribution is 6.32. The highest BCUT2D eigenvalue weighted by Gasteiger charge is 2.31. The molecule has 2 rings (SSSR count). The molecule has 0 saturated heterocycles. The van der Waals surface area contributed by atoms with Gasteiger partial charge in [-0.2, -0.15) is 0 Å². The molecule has 1 N–H and O–H groups in total. The minimum Gasteiger partial charge on any atom is -0.476 e. The molecule has 0 aromatic heterocycles. The van der Waals surface area contributed by atoms with Gasteiger partial charge in [0.1, 0.15) is 5.75 Å². The van der Waals surface area contributed by atoms with Crippen molar-refractivity contribution in [1.29, 1.82) is 0 Å². The molecule has 6 heteroatoms. The van der Waals surface area contributed by atoms with E-state index in [0.717, 1.165) is 11.1 Å². The van der Waals surface area contributed by atoms with E-state index in [1.807, 2.05) is 30.3 Å². The lowest BCUT2D eigenvalue weighted by Crippen LogP contribution is -2.39. The number of benzene rings is 2. The maximum atomic E-state index is 11.9. The topological polar surface area (TPSA) is 64.6 Å². The quantitative estimate of drug-likeness (QED) is 0.486. The Hall–Kier alpha value is -2.79. The number of hydrogen-bond acceptors (Lipinski definition) is 4. The summed E-state index contributed by atoms with van der Waals surface area (Å²) in [7, 11) is 0. The van der Waals surface area contributed by atoms with Crippen LogP contribution in [0.15, 0.2) is 54.6 Å². The molecule has 0 saturated carbocycles. The summed E-state index contributed by atoms with van der Waals surface area (Å²) in [5.41, 5.74) is 0.784. The molecule has 0 spiro atoms. The Labute approximate surface area is 176 Å². The summed E-state index contributed by atoms with van der Waals surface area (Å²) in [4.78, 5) is 23.8. The molecule has 2 aromatic rings. The SMILES string of the molecule is CCOC(=O)C(C)(C)Oc1ccc(CCNC(=O)/C=C/c2ccccc2Cl)cc1. The van der Waals surface area contributed by atoms with Crippen LogP contribution in [0.25, 0.3) is 6.08 Å². The van der Waals surface area contributed by atoms with Crippen molar-refractivity contribution in [2.45, 2.75) is 32.8 Å². The molecule has 154 valence electrons. The molecule has 0 radical (unpaired) electrons. The van der Waals surface area contributed by atoms with Crippen molar-refractivity contribution < 1.29 is 19.1 Å². The summed E-state index contributed by atoms with van der Waals surface area (Å²) in [5.74, 6) is -0.00351. The van der Waals surface area contributed by atoms with Gasteiger partial charge in [0.05, 0.1) is 6.61 Å². The van der Waals surface area contributed by atoms with E-state index in [-0.39, 0.29) is 5.91 Å². The third-order valence-electron chi connectivity index (χ3n) is 4.10. The van der Waals surface area contributed by atoms with Crippen LogP contribution >= 0.6 is 11.6 Å². The maximum absolute atomic E-state index is 11.9. The first-order chi connectivity index (χ1) is 13.8. The van der Waals surface area contributed by atoms with Crippen molar-refractivity contribution in [3.05, 3.63) is 70.8 Å². The fourth-order valence-electron chi connectivity index (χ4n) is 2.53. The molecular formula is C23H26ClNO4. The number of carbonyl (C=O) groups excluding carboxylic acids is 2. The predicted octanol–water partition coefficient (Wildman–Crippen LogP) is 4.43. The summed E-state index contributed by atoms with van der Waals surface area (Å²) in [5, 5.41) is 3.44. The number of amides is 1. The van der Waals surface area contributed by atoms with Crippen LogP contribution in [0.5, 0.6) is 5.75 Å². The third-order valence-corrected chi connectivity index (χ3v) is 4.44. The van der Waals surface area contributed by atoms with Gasteiger partial charge in [-0.15, -0.1) is 0 Å². The third kappa shape index (κ3) is 7.27. The fraction of sp³-hybridized carbons (Fsp3) is 0.304. The Morgan fingerprint density at radius 2 is 1.79 bits per heavy atom. The standard InChI is InChI=1S/C23H26ClNO4/c1-4-28-22(27)23(2,3)29-19-12-9-17(10-13-19)15-16-25-21(26)14-11-18-7-5-6-8-20(18)24/h5-14H,4,15-16H2,1-3H3,(H,25,26)/b14-11+. The van der Waals surface area contributed by atoms with E-state index in [4.69, 9.17) is 21.1 Å². The van der Waals surface area contributed by atoms with Crippen LogP contribution in [0.1, 0.15) is 31.9 Å². The van der Waals surface area contributed by atoms with Gasteiger partial charge < -0.3 is 14.8 Å². The normalized spacial score (nSPS) is 11.3. The lowest BCUT2D eigenvalue weighted by Gasteiger charge is -2.24. The minimum atomic E-state index is -1.06. The number of ether oxygens (including phenoxy) is 2. The number of nitrogens with one attached hydrogen (secondary N) is 1. The zero-order valence-electron chi connectivity index (χ0n) is 16.9. The summed E-state index contributed by atoms with van der Waals surface area (Å²) < 4.78 is 10.7. The van der Waals surface area contributed by atoms with E-state index in [1.54, 1.807) is 45.0 Å². The highest BCUT2D eigenvalue weighted by Crippen LogP contribution is 2.20. The van der Waals surface area contributed by atoms with E-state index >= 15 is 0 Å². The van der Waals surface area contributed by atoms with Crippen LogP contribution in [0.3, 0.4) is 0 Å². The first-order valence-electron chi connectivity index (χ1n) is 9.47. The van der Waals surface area contributed by atoms with Crippen molar-refractivity contribution in [3.8, 4) is 5.75 Å². The van der Waals surface area contributed by atoms with Crippen molar-refractivity contribution in [3.63, 3.8) is 0 Å². The fourth-order valence-corrected chi connectivity index (χ4v) is 2.73. The molecule has 5 nitrogen and oxygen atoms in total. The lowest BCUT2D eigenvalue weighted by atomic mass is 10.1. The average molecular weight is 416 g/mol. The van der Waals surface area contributed by atoms with E-state index in [9.17, 15) is 9.59 Å². The van der Waals surface area contributed by atoms with Crippen LogP contribution in [-0.4, -0.2) is 30.6 Å². The van der Waals surface area contributed by atoms with Gasteiger partial charge in [-0.3, -0.25) is 4.79 Å². The molecule has 0 bridgehead atoms. The molecule has 0 atom stereocenters. The second kappa shape index (κ2) is 10.7. The largest absolute Gasteiger partial charge is 0.476 e. The number of rotatable bonds is 9. The molecule has 0 fully saturated rings. The Kier molecular flexibility index (Phi) is 8.28. The van der Waals surface area contributed by atoms with Crippen LogP contribution < -0.4 is 10.1 Å². The van der Waals surface area contributed by atoms with Gasteiger partial charge >= 0.3 is 5.97 Å². The van der Waals surface area contributed by atoms with E-state index in [2.05, 4.69) is 5.32 Å². The molecule has 0 aliphatic carbocycles. The molecule has 0 unspecified atom stereocenters. The van der Waals surface area contributed by atoms with Gasteiger partial charge in [0, 0.05) is 17.6 Å². The van der Waals surface area contributed by atoms with Gasteiger partial charge in [0.15, 0.2) is 5.60 Å². The van der Waals surface area contributed by atoms with Gasteiger partial charge in [-0.1, -0.05) is 41.9 Å². The zero-order valence-corrected chi connectivity index (χ0v) is 17.7. The first kappa shape index (κ1) is 22.5. The molecular weight excluding hydrogens is 390 g/mol. The summed E-state index contributed by atoms with van der Waals surface area (Å²) in [6, 6.07) is 14.7. The molecule has 0 heterocycles. The Morgan fingerprint density at radius 3 is 2.45 bits per heavy atom. The van der Waals surface area contributed by atoms with E-state index in [0.29, 0.717) is 30.3 Å². The van der Waals surface area contributed by atoms with Crippen molar-refractivity contribution >= 4 is 29.6 Å². The number of esters is 1. The summed E-state index contributed by atoms with van der Waals surface area (Å²) in [6.45, 7) is 5.91. The average Bonchev–Trinajstić information content (AvgIpc) is 2.68. The highest BCUT2D eigenvalue weighted by atomic mass is 35.5. The van der Waals surface area contributed by atoms with Crippen molar-refractivity contribution in [2.75, 3.05) is 13.2 Å². The van der Waals surface area contributed by atoms with E-state index < -0.39 is 11.6 Å². The Balaban J connectivity index is 1.81. The molecule has 1 amide bonds. The number of halogens is 1. The smallest absolute Gasteiger partial charge is 0.349 e. The van der Waals surface area contributed by atoms with Crippen LogP contribution in [0.4, 0.5) is 0 Å². The monoisotopic (exact) mass is 415 g/mol. The lowest BCUT2D eigenvalue weighted by molar-refractivity contribution is -0.158. The molecule has 0 aliphatic heterocycles. The number of hydrogen-bond donors (Lipinski definition) is 1. The Bertz CT molecular complexity index is 859. The maximum Gasteiger partial charge on any atom is 0.349 e. The Morgan fingerprint density at radius 1 is 1.10 bits per heavy atom. The predicted molar refractivity (Wildman–Crippen MR) is 115 cm³/mol. The van der Waals surface area contributed by atoms with Crippen LogP contribution in [0.2, 0.25) is 5.02 Å². The van der Waals surface area contributed by atoms with Crippen LogP contribution in [0, 0.1) is 0 Å².